The van der Waals surface area contributed by atoms with Crippen molar-refractivity contribution in [3.8, 4) is 0 Å². The van der Waals surface area contributed by atoms with Crippen LogP contribution in [0.4, 0.5) is 11.9 Å². The average Bonchev–Trinajstić information content (AvgIpc) is 2.40. The van der Waals surface area contributed by atoms with Crippen molar-refractivity contribution in [2.24, 2.45) is 11.8 Å². The van der Waals surface area contributed by atoms with Crippen molar-refractivity contribution >= 4 is 23.5 Å². The summed E-state index contributed by atoms with van der Waals surface area (Å²) in [4.78, 5) is 12.6. The van der Waals surface area contributed by atoms with E-state index in [1.54, 1.807) is 0 Å². The van der Waals surface area contributed by atoms with Crippen LogP contribution in [0.25, 0.3) is 0 Å². The molecule has 1 aromatic rings. The molecule has 0 radical (unpaired) electrons. The van der Waals surface area contributed by atoms with Gasteiger partial charge in [-0.3, -0.25) is 0 Å². The van der Waals surface area contributed by atoms with Crippen LogP contribution in [0.3, 0.4) is 0 Å². The Bertz CT molecular complexity index is 440. The highest BCUT2D eigenvalue weighted by molar-refractivity contribution is 6.28. The maximum atomic E-state index is 5.96. The van der Waals surface area contributed by atoms with Gasteiger partial charge in [0.05, 0.1) is 0 Å². The number of hydrogen-bond acceptors (Lipinski definition) is 5. The third-order valence-corrected chi connectivity index (χ3v) is 4.24. The van der Waals surface area contributed by atoms with Crippen LogP contribution in [0.1, 0.15) is 46.5 Å². The minimum absolute atomic E-state index is 0.235. The molecule has 0 aromatic carbocycles. The van der Waals surface area contributed by atoms with Crippen LogP contribution < -0.4 is 10.6 Å². The van der Waals surface area contributed by atoms with E-state index in [9.17, 15) is 0 Å². The zero-order chi connectivity index (χ0) is 14.5. The van der Waals surface area contributed by atoms with Crippen molar-refractivity contribution in [3.05, 3.63) is 5.28 Å². The van der Waals surface area contributed by atoms with E-state index in [0.29, 0.717) is 17.9 Å². The van der Waals surface area contributed by atoms with Gasteiger partial charge in [0.25, 0.3) is 0 Å². The van der Waals surface area contributed by atoms with Crippen LogP contribution >= 0.6 is 11.6 Å². The molecule has 20 heavy (non-hydrogen) atoms. The molecule has 1 aliphatic carbocycles. The third-order valence-electron chi connectivity index (χ3n) is 4.07. The Labute approximate surface area is 126 Å². The third kappa shape index (κ3) is 4.20. The van der Waals surface area contributed by atoms with Crippen LogP contribution in [0.15, 0.2) is 0 Å². The Morgan fingerprint density at radius 1 is 1.10 bits per heavy atom. The molecule has 3 unspecified atom stereocenters. The van der Waals surface area contributed by atoms with Crippen molar-refractivity contribution in [3.63, 3.8) is 0 Å². The Kier molecular flexibility index (Phi) is 5.40. The molecule has 0 bridgehead atoms. The number of aromatic nitrogens is 3. The van der Waals surface area contributed by atoms with Crippen molar-refractivity contribution in [2.45, 2.75) is 52.5 Å². The van der Waals surface area contributed by atoms with E-state index in [2.05, 4.69) is 46.4 Å². The molecule has 1 saturated carbocycles. The summed E-state index contributed by atoms with van der Waals surface area (Å²) in [7, 11) is 0. The molecule has 1 aromatic heterocycles. The average molecular weight is 298 g/mol. The van der Waals surface area contributed by atoms with Gasteiger partial charge < -0.3 is 10.6 Å². The van der Waals surface area contributed by atoms with Crippen molar-refractivity contribution in [1.82, 2.24) is 15.0 Å². The van der Waals surface area contributed by atoms with Gasteiger partial charge in [0.1, 0.15) is 0 Å². The molecular formula is C14H24ClN5. The van der Waals surface area contributed by atoms with Crippen LogP contribution in [0, 0.1) is 11.8 Å². The van der Waals surface area contributed by atoms with Crippen molar-refractivity contribution in [1.29, 1.82) is 0 Å². The lowest BCUT2D eigenvalue weighted by Crippen LogP contribution is -2.31. The molecule has 1 heterocycles. The summed E-state index contributed by atoms with van der Waals surface area (Å²) >= 11 is 5.96. The van der Waals surface area contributed by atoms with Gasteiger partial charge in [-0.05, 0) is 49.1 Å². The van der Waals surface area contributed by atoms with Gasteiger partial charge in [-0.1, -0.05) is 20.8 Å². The van der Waals surface area contributed by atoms with E-state index >= 15 is 0 Å². The summed E-state index contributed by atoms with van der Waals surface area (Å²) in [5, 5.41) is 6.78. The first-order valence-electron chi connectivity index (χ1n) is 7.50. The molecule has 0 spiro atoms. The fourth-order valence-corrected chi connectivity index (χ4v) is 2.75. The molecule has 1 aliphatic rings. The van der Waals surface area contributed by atoms with E-state index in [4.69, 9.17) is 11.6 Å². The van der Waals surface area contributed by atoms with Gasteiger partial charge in [0.2, 0.25) is 17.2 Å². The van der Waals surface area contributed by atoms with E-state index in [1.807, 2.05) is 0 Å². The number of rotatable bonds is 5. The molecule has 0 aliphatic heterocycles. The van der Waals surface area contributed by atoms with Crippen molar-refractivity contribution in [2.75, 3.05) is 17.2 Å². The number of nitrogens with zero attached hydrogens (tertiary/aromatic N) is 3. The Balaban J connectivity index is 1.99. The second kappa shape index (κ2) is 7.07. The molecule has 2 N–H and O–H groups in total. The number of anilines is 2. The van der Waals surface area contributed by atoms with E-state index in [-0.39, 0.29) is 5.28 Å². The quantitative estimate of drug-likeness (QED) is 0.870. The molecule has 5 nitrogen and oxygen atoms in total. The summed E-state index contributed by atoms with van der Waals surface area (Å²) in [5.41, 5.74) is 0. The minimum Gasteiger partial charge on any atom is -0.354 e. The fraction of sp³-hybridized carbons (Fsp3) is 0.786. The molecule has 6 heteroatoms. The van der Waals surface area contributed by atoms with Gasteiger partial charge >= 0.3 is 0 Å². The predicted octanol–water partition coefficient (Wildman–Crippen LogP) is 3.58. The van der Waals surface area contributed by atoms with Crippen molar-refractivity contribution < 1.29 is 0 Å². The highest BCUT2D eigenvalue weighted by Crippen LogP contribution is 2.30. The number of halogens is 1. The van der Waals surface area contributed by atoms with Crippen LogP contribution in [0.2, 0.25) is 5.28 Å². The molecule has 3 atom stereocenters. The van der Waals surface area contributed by atoms with E-state index < -0.39 is 0 Å². The lowest BCUT2D eigenvalue weighted by atomic mass is 9.79. The van der Waals surface area contributed by atoms with Gasteiger partial charge in [-0.15, -0.1) is 0 Å². The molecular weight excluding hydrogens is 274 g/mol. The normalized spacial score (nSPS) is 26.3. The summed E-state index contributed by atoms with van der Waals surface area (Å²) in [6, 6.07) is 0.429. The summed E-state index contributed by atoms with van der Waals surface area (Å²) in [6.45, 7) is 7.57. The minimum atomic E-state index is 0.235. The number of hydrogen-bond donors (Lipinski definition) is 2. The van der Waals surface area contributed by atoms with Crippen LogP contribution in [-0.4, -0.2) is 27.5 Å². The van der Waals surface area contributed by atoms with Gasteiger partial charge in [-0.25, -0.2) is 0 Å². The first kappa shape index (κ1) is 15.3. The zero-order valence-electron chi connectivity index (χ0n) is 12.5. The summed E-state index contributed by atoms with van der Waals surface area (Å²) in [6.07, 6.45) is 4.58. The summed E-state index contributed by atoms with van der Waals surface area (Å²) in [5.74, 6) is 2.66. The van der Waals surface area contributed by atoms with Gasteiger partial charge in [-0.2, -0.15) is 15.0 Å². The Morgan fingerprint density at radius 3 is 2.55 bits per heavy atom. The van der Waals surface area contributed by atoms with Gasteiger partial charge in [0.15, 0.2) is 0 Å². The number of nitrogens with one attached hydrogen (secondary N) is 2. The fourth-order valence-electron chi connectivity index (χ4n) is 2.59. The second-order valence-electron chi connectivity index (χ2n) is 5.79. The van der Waals surface area contributed by atoms with E-state index in [0.717, 1.165) is 37.6 Å². The van der Waals surface area contributed by atoms with Crippen LogP contribution in [0.5, 0.6) is 0 Å². The molecule has 1 fully saturated rings. The SMILES string of the molecule is CCCNc1nc(Cl)nc(NC2CCC(C)C(C)C2)n1. The maximum Gasteiger partial charge on any atom is 0.229 e. The smallest absolute Gasteiger partial charge is 0.229 e. The molecule has 0 amide bonds. The second-order valence-corrected chi connectivity index (χ2v) is 6.13. The molecule has 2 rings (SSSR count). The topological polar surface area (TPSA) is 62.7 Å². The molecule has 112 valence electrons. The lowest BCUT2D eigenvalue weighted by Gasteiger charge is -2.32. The highest BCUT2D eigenvalue weighted by Gasteiger charge is 2.25. The Morgan fingerprint density at radius 2 is 1.85 bits per heavy atom. The summed E-state index contributed by atoms with van der Waals surface area (Å²) < 4.78 is 0. The lowest BCUT2D eigenvalue weighted by molar-refractivity contribution is 0.260. The van der Waals surface area contributed by atoms with E-state index in [1.165, 1.54) is 6.42 Å². The first-order chi connectivity index (χ1) is 9.58. The van der Waals surface area contributed by atoms with Crippen LogP contribution in [-0.2, 0) is 0 Å². The Hall–Kier alpha value is -1.10. The predicted molar refractivity (Wildman–Crippen MR) is 83.2 cm³/mol. The molecule has 0 saturated heterocycles. The maximum absolute atomic E-state index is 5.96. The monoisotopic (exact) mass is 297 g/mol. The largest absolute Gasteiger partial charge is 0.354 e. The highest BCUT2D eigenvalue weighted by atomic mass is 35.5. The van der Waals surface area contributed by atoms with Gasteiger partial charge in [0, 0.05) is 12.6 Å². The first-order valence-corrected chi connectivity index (χ1v) is 7.88. The zero-order valence-corrected chi connectivity index (χ0v) is 13.2. The standard InChI is InChI=1S/C14H24ClN5/c1-4-7-16-13-18-12(15)19-14(20-13)17-11-6-5-9(2)10(3)8-11/h9-11H,4-8H2,1-3H3,(H2,16,17,18,19,20).